The van der Waals surface area contributed by atoms with E-state index in [1.54, 1.807) is 23.4 Å². The van der Waals surface area contributed by atoms with E-state index in [1.165, 1.54) is 37.7 Å². The fourth-order valence-corrected chi connectivity index (χ4v) is 5.89. The molecule has 1 aromatic carbocycles. The van der Waals surface area contributed by atoms with Gasteiger partial charge < -0.3 is 4.52 Å². The van der Waals surface area contributed by atoms with Crippen molar-refractivity contribution in [2.45, 2.75) is 62.8 Å². The summed E-state index contributed by atoms with van der Waals surface area (Å²) in [4.78, 5) is 6.88. The third-order valence-corrected chi connectivity index (χ3v) is 8.23. The van der Waals surface area contributed by atoms with Crippen molar-refractivity contribution in [2.24, 2.45) is 0 Å². The maximum absolute atomic E-state index is 13.1. The van der Waals surface area contributed by atoms with Gasteiger partial charge in [-0.1, -0.05) is 36.6 Å². The van der Waals surface area contributed by atoms with Crippen LogP contribution in [0.5, 0.6) is 0 Å². The Balaban J connectivity index is 1.39. The molecule has 1 saturated carbocycles. The minimum absolute atomic E-state index is 0.0177. The second-order valence-electron chi connectivity index (χ2n) is 8.20. The summed E-state index contributed by atoms with van der Waals surface area (Å²) in [5.41, 5.74) is 1.28. The molecule has 2 aromatic rings. The monoisotopic (exact) mass is 418 g/mol. The predicted molar refractivity (Wildman–Crippen MR) is 110 cm³/mol. The van der Waals surface area contributed by atoms with E-state index in [0.717, 1.165) is 0 Å². The van der Waals surface area contributed by atoms with Crippen LogP contribution in [0.2, 0.25) is 0 Å². The Morgan fingerprint density at radius 1 is 1.03 bits per heavy atom. The highest BCUT2D eigenvalue weighted by Gasteiger charge is 2.31. The topological polar surface area (TPSA) is 79.5 Å². The number of aryl methyl sites for hydroxylation is 1. The summed E-state index contributed by atoms with van der Waals surface area (Å²) >= 11 is 0. The Kier molecular flexibility index (Phi) is 6.03. The number of benzene rings is 1. The summed E-state index contributed by atoms with van der Waals surface area (Å²) in [6, 6.07) is 7.58. The second kappa shape index (κ2) is 8.53. The zero-order chi connectivity index (χ0) is 20.4. The van der Waals surface area contributed by atoms with Gasteiger partial charge in [-0.2, -0.15) is 9.29 Å². The van der Waals surface area contributed by atoms with E-state index in [4.69, 9.17) is 4.52 Å². The van der Waals surface area contributed by atoms with Crippen molar-refractivity contribution < 1.29 is 12.9 Å². The van der Waals surface area contributed by atoms with Gasteiger partial charge in [0.15, 0.2) is 5.82 Å². The summed E-state index contributed by atoms with van der Waals surface area (Å²) in [6.45, 7) is 6.02. The van der Waals surface area contributed by atoms with Crippen LogP contribution >= 0.6 is 0 Å². The first kappa shape index (κ1) is 20.5. The average Bonchev–Trinajstić information content (AvgIpc) is 3.20. The number of rotatable bonds is 5. The average molecular weight is 419 g/mol. The van der Waals surface area contributed by atoms with Crippen molar-refractivity contribution in [2.75, 3.05) is 26.2 Å². The molecule has 2 fully saturated rings. The van der Waals surface area contributed by atoms with Crippen molar-refractivity contribution in [1.82, 2.24) is 19.3 Å². The molecule has 8 heteroatoms. The zero-order valence-electron chi connectivity index (χ0n) is 17.2. The molecular weight excluding hydrogens is 388 g/mol. The summed E-state index contributed by atoms with van der Waals surface area (Å²) in [6.07, 6.45) is 6.30. The van der Waals surface area contributed by atoms with E-state index in [0.29, 0.717) is 48.7 Å². The number of hydrogen-bond acceptors (Lipinski definition) is 6. The molecule has 2 heterocycles. The molecule has 7 nitrogen and oxygen atoms in total. The molecule has 1 aliphatic carbocycles. The van der Waals surface area contributed by atoms with Crippen molar-refractivity contribution in [3.8, 4) is 0 Å². The third kappa shape index (κ3) is 4.39. The maximum Gasteiger partial charge on any atom is 0.243 e. The van der Waals surface area contributed by atoms with Crippen LogP contribution in [0.15, 0.2) is 33.7 Å². The molecule has 0 amide bonds. The molecule has 1 aliphatic heterocycles. The Labute approximate surface area is 173 Å². The van der Waals surface area contributed by atoms with Crippen molar-refractivity contribution >= 4 is 10.0 Å². The van der Waals surface area contributed by atoms with Gasteiger partial charge in [0, 0.05) is 26.2 Å². The van der Waals surface area contributed by atoms with Gasteiger partial charge in [0.05, 0.1) is 10.9 Å². The molecule has 158 valence electrons. The lowest BCUT2D eigenvalue weighted by molar-refractivity contribution is 0.124. The minimum atomic E-state index is -3.46. The third-order valence-electron chi connectivity index (χ3n) is 6.32. The van der Waals surface area contributed by atoms with Crippen LogP contribution in [0.25, 0.3) is 0 Å². The fraction of sp³-hybridized carbons (Fsp3) is 0.619. The highest BCUT2D eigenvalue weighted by molar-refractivity contribution is 7.89. The summed E-state index contributed by atoms with van der Waals surface area (Å²) in [7, 11) is -3.46. The molecular formula is C21H30N4O3S. The molecule has 0 bridgehead atoms. The van der Waals surface area contributed by atoms with E-state index in [2.05, 4.69) is 15.0 Å². The van der Waals surface area contributed by atoms with E-state index in [-0.39, 0.29) is 6.04 Å². The smallest absolute Gasteiger partial charge is 0.243 e. The second-order valence-corrected chi connectivity index (χ2v) is 10.1. The van der Waals surface area contributed by atoms with Crippen molar-refractivity contribution in [3.05, 3.63) is 41.5 Å². The highest BCUT2D eigenvalue weighted by Crippen LogP contribution is 2.33. The molecule has 29 heavy (non-hydrogen) atoms. The molecule has 4 rings (SSSR count). The number of sulfonamides is 1. The van der Waals surface area contributed by atoms with Crippen LogP contribution in [0.1, 0.15) is 68.3 Å². The molecule has 0 spiro atoms. The van der Waals surface area contributed by atoms with Gasteiger partial charge in [0.25, 0.3) is 0 Å². The highest BCUT2D eigenvalue weighted by atomic mass is 32.2. The van der Waals surface area contributed by atoms with E-state index < -0.39 is 10.0 Å². The molecule has 1 saturated heterocycles. The van der Waals surface area contributed by atoms with Gasteiger partial charge in [-0.3, -0.25) is 4.90 Å². The number of aromatic nitrogens is 2. The van der Waals surface area contributed by atoms with Crippen LogP contribution in [-0.4, -0.2) is 53.9 Å². The van der Waals surface area contributed by atoms with Crippen molar-refractivity contribution in [1.29, 1.82) is 0 Å². The van der Waals surface area contributed by atoms with Gasteiger partial charge in [-0.25, -0.2) is 8.42 Å². The fourth-order valence-electron chi connectivity index (χ4n) is 4.47. The van der Waals surface area contributed by atoms with Gasteiger partial charge in [0.2, 0.25) is 15.9 Å². The predicted octanol–water partition coefficient (Wildman–Crippen LogP) is 3.49. The number of nitrogens with zero attached hydrogens (tertiary/aromatic N) is 4. The van der Waals surface area contributed by atoms with Gasteiger partial charge >= 0.3 is 0 Å². The Bertz CT molecular complexity index is 912. The molecule has 2 aliphatic rings. The summed E-state index contributed by atoms with van der Waals surface area (Å²) in [5, 5.41) is 3.85. The lowest BCUT2D eigenvalue weighted by atomic mass is 9.84. The van der Waals surface area contributed by atoms with Crippen molar-refractivity contribution in [3.63, 3.8) is 0 Å². The summed E-state index contributed by atoms with van der Waals surface area (Å²) < 4.78 is 33.0. The largest absolute Gasteiger partial charge is 0.338 e. The van der Waals surface area contributed by atoms with Gasteiger partial charge in [-0.05, 0) is 50.3 Å². The van der Waals surface area contributed by atoms with Crippen LogP contribution in [0.4, 0.5) is 0 Å². The number of hydrogen-bond donors (Lipinski definition) is 0. The number of piperazine rings is 1. The zero-order valence-corrected chi connectivity index (χ0v) is 18.1. The maximum atomic E-state index is 13.1. The quantitative estimate of drug-likeness (QED) is 0.739. The summed E-state index contributed by atoms with van der Waals surface area (Å²) in [5.74, 6) is 1.78. The Morgan fingerprint density at radius 3 is 2.28 bits per heavy atom. The van der Waals surface area contributed by atoms with E-state index in [1.807, 2.05) is 19.1 Å². The molecule has 1 atom stereocenters. The standard InChI is InChI=1S/C21H30N4O3S/c1-16(21-22-17(2)23-28-21)24-12-14-25(15-13-24)29(26,27)20-10-8-19(9-11-20)18-6-4-3-5-7-18/h8-11,16,18H,3-7,12-15H2,1-2H3. The van der Waals surface area contributed by atoms with E-state index in [9.17, 15) is 8.42 Å². The Hall–Kier alpha value is -1.77. The molecule has 0 N–H and O–H groups in total. The Morgan fingerprint density at radius 2 is 1.69 bits per heavy atom. The molecule has 1 unspecified atom stereocenters. The lowest BCUT2D eigenvalue weighted by Crippen LogP contribution is -2.49. The minimum Gasteiger partial charge on any atom is -0.338 e. The van der Waals surface area contributed by atoms with Crippen LogP contribution in [0.3, 0.4) is 0 Å². The van der Waals surface area contributed by atoms with Crippen LogP contribution in [-0.2, 0) is 10.0 Å². The SMILES string of the molecule is Cc1noc(C(C)N2CCN(S(=O)(=O)c3ccc(C4CCCCC4)cc3)CC2)n1. The molecule has 1 aromatic heterocycles. The lowest BCUT2D eigenvalue weighted by Gasteiger charge is -2.36. The van der Waals surface area contributed by atoms with E-state index >= 15 is 0 Å². The first-order valence-electron chi connectivity index (χ1n) is 10.6. The van der Waals surface area contributed by atoms with Gasteiger partial charge in [0.1, 0.15) is 0 Å². The van der Waals surface area contributed by atoms with Crippen LogP contribution < -0.4 is 0 Å². The first-order chi connectivity index (χ1) is 13.9. The van der Waals surface area contributed by atoms with Gasteiger partial charge in [-0.15, -0.1) is 0 Å². The molecule has 0 radical (unpaired) electrons. The normalized spacial score (nSPS) is 21.3. The first-order valence-corrected chi connectivity index (χ1v) is 12.0. The van der Waals surface area contributed by atoms with Crippen LogP contribution in [0, 0.1) is 6.92 Å².